The summed E-state index contributed by atoms with van der Waals surface area (Å²) in [5.41, 5.74) is 3.23. The fraction of sp³-hybridized carbons (Fsp3) is 0.316. The Hall–Kier alpha value is -1.52. The van der Waals surface area contributed by atoms with Gasteiger partial charge in [0.15, 0.2) is 5.96 Å². The van der Waals surface area contributed by atoms with Gasteiger partial charge in [-0.3, -0.25) is 0 Å². The van der Waals surface area contributed by atoms with Gasteiger partial charge in [0, 0.05) is 22.4 Å². The Bertz CT molecular complexity index is 854. The maximum absolute atomic E-state index is 4.69. The van der Waals surface area contributed by atoms with Crippen molar-refractivity contribution < 1.29 is 0 Å². The van der Waals surface area contributed by atoms with E-state index < -0.39 is 0 Å². The fourth-order valence-corrected chi connectivity index (χ4v) is 4.06. The Labute approximate surface area is 185 Å². The van der Waals surface area contributed by atoms with E-state index in [1.165, 1.54) is 4.88 Å². The number of hydrogen-bond acceptors (Lipinski definition) is 5. The quantitative estimate of drug-likeness (QED) is 0.284. The third-order valence-corrected chi connectivity index (χ3v) is 5.81. The van der Waals surface area contributed by atoms with Crippen molar-refractivity contribution in [2.45, 2.75) is 33.9 Å². The molecule has 144 valence electrons. The molecule has 2 heterocycles. The van der Waals surface area contributed by atoms with Gasteiger partial charge >= 0.3 is 0 Å². The number of hydrogen-bond donors (Lipinski definition) is 2. The zero-order valence-electron chi connectivity index (χ0n) is 15.7. The molecule has 1 aromatic carbocycles. The summed E-state index contributed by atoms with van der Waals surface area (Å²) in [6.45, 7) is 8.25. The van der Waals surface area contributed by atoms with Crippen LogP contribution in [0.1, 0.15) is 28.2 Å². The molecule has 3 aromatic rings. The fourth-order valence-electron chi connectivity index (χ4n) is 2.37. The summed E-state index contributed by atoms with van der Waals surface area (Å²) in [6.07, 6.45) is 0. The van der Waals surface area contributed by atoms with Crippen molar-refractivity contribution in [1.82, 2.24) is 20.6 Å². The van der Waals surface area contributed by atoms with Gasteiger partial charge in [-0.1, -0.05) is 30.3 Å². The lowest BCUT2D eigenvalue weighted by atomic mass is 10.2. The van der Waals surface area contributed by atoms with Crippen molar-refractivity contribution in [2.75, 3.05) is 6.54 Å². The van der Waals surface area contributed by atoms with E-state index in [0.29, 0.717) is 13.1 Å². The van der Waals surface area contributed by atoms with E-state index in [-0.39, 0.29) is 24.0 Å². The molecule has 0 aliphatic rings. The third-order valence-electron chi connectivity index (χ3n) is 3.80. The first-order valence-corrected chi connectivity index (χ1v) is 10.3. The van der Waals surface area contributed by atoms with Crippen LogP contribution in [0, 0.1) is 13.8 Å². The minimum Gasteiger partial charge on any atom is -0.357 e. The number of thiazole rings is 2. The molecule has 0 atom stereocenters. The average Bonchev–Trinajstić information content (AvgIpc) is 3.25. The predicted molar refractivity (Wildman–Crippen MR) is 126 cm³/mol. The summed E-state index contributed by atoms with van der Waals surface area (Å²) in [4.78, 5) is 15.2. The highest BCUT2D eigenvalue weighted by Crippen LogP contribution is 2.23. The second-order valence-electron chi connectivity index (χ2n) is 5.81. The first kappa shape index (κ1) is 21.8. The lowest BCUT2D eigenvalue weighted by Gasteiger charge is -2.09. The number of benzene rings is 1. The van der Waals surface area contributed by atoms with Crippen molar-refractivity contribution >= 4 is 52.6 Å². The lowest BCUT2D eigenvalue weighted by molar-refractivity contribution is 0.807. The number of halogens is 1. The summed E-state index contributed by atoms with van der Waals surface area (Å²) < 4.78 is 0. The van der Waals surface area contributed by atoms with Gasteiger partial charge in [-0.15, -0.1) is 46.7 Å². The van der Waals surface area contributed by atoms with Crippen molar-refractivity contribution in [3.05, 3.63) is 57.0 Å². The van der Waals surface area contributed by atoms with Gasteiger partial charge in [-0.25, -0.2) is 15.0 Å². The van der Waals surface area contributed by atoms with Crippen LogP contribution in [0.3, 0.4) is 0 Å². The smallest absolute Gasteiger partial charge is 0.191 e. The van der Waals surface area contributed by atoms with Gasteiger partial charge in [0.25, 0.3) is 0 Å². The van der Waals surface area contributed by atoms with Gasteiger partial charge in [0.2, 0.25) is 0 Å². The average molecular weight is 513 g/mol. The molecule has 0 unspecified atom stereocenters. The van der Waals surface area contributed by atoms with Crippen molar-refractivity contribution in [3.8, 4) is 10.6 Å². The Morgan fingerprint density at radius 2 is 1.89 bits per heavy atom. The van der Waals surface area contributed by atoms with Crippen molar-refractivity contribution in [3.63, 3.8) is 0 Å². The van der Waals surface area contributed by atoms with E-state index in [0.717, 1.165) is 39.5 Å². The molecular weight excluding hydrogens is 489 g/mol. The Kier molecular flexibility index (Phi) is 8.65. The van der Waals surface area contributed by atoms with Crippen LogP contribution in [0.15, 0.2) is 40.7 Å². The van der Waals surface area contributed by atoms with Crippen molar-refractivity contribution in [2.24, 2.45) is 4.99 Å². The number of nitrogens with zero attached hydrogens (tertiary/aromatic N) is 3. The Morgan fingerprint density at radius 1 is 1.11 bits per heavy atom. The van der Waals surface area contributed by atoms with Crippen LogP contribution in [0.25, 0.3) is 10.6 Å². The maximum atomic E-state index is 4.69. The first-order valence-electron chi connectivity index (χ1n) is 8.60. The highest BCUT2D eigenvalue weighted by Gasteiger charge is 2.06. The summed E-state index contributed by atoms with van der Waals surface area (Å²) in [5.74, 6) is 0.785. The van der Waals surface area contributed by atoms with Gasteiger partial charge in [0.05, 0.1) is 24.5 Å². The number of guanidine groups is 1. The molecule has 27 heavy (non-hydrogen) atoms. The molecule has 5 nitrogen and oxygen atoms in total. The van der Waals surface area contributed by atoms with Gasteiger partial charge in [0.1, 0.15) is 10.0 Å². The molecule has 0 amide bonds. The van der Waals surface area contributed by atoms with E-state index in [9.17, 15) is 0 Å². The van der Waals surface area contributed by atoms with E-state index in [1.54, 1.807) is 22.7 Å². The molecule has 0 radical (unpaired) electrons. The summed E-state index contributed by atoms with van der Waals surface area (Å²) in [7, 11) is 0. The highest BCUT2D eigenvalue weighted by atomic mass is 127. The van der Waals surface area contributed by atoms with E-state index in [4.69, 9.17) is 4.98 Å². The zero-order chi connectivity index (χ0) is 18.4. The number of rotatable bonds is 6. The minimum absolute atomic E-state index is 0. The molecule has 0 saturated heterocycles. The molecule has 3 rings (SSSR count). The first-order chi connectivity index (χ1) is 12.7. The summed E-state index contributed by atoms with van der Waals surface area (Å²) in [5, 5.41) is 10.8. The molecular formula is C19H24IN5S2. The molecule has 0 aliphatic carbocycles. The second-order valence-corrected chi connectivity index (χ2v) is 7.95. The standard InChI is InChI=1S/C19H23N5S2.HI/c1-4-20-19(22-11-17-23-13(2)14(3)26-17)21-10-16-12-25-18(24-16)15-8-6-5-7-9-15;/h5-9,12H,4,10-11H2,1-3H3,(H2,20,21,22);1H. The molecule has 2 N–H and O–H groups in total. The summed E-state index contributed by atoms with van der Waals surface area (Å²) in [6, 6.07) is 10.2. The van der Waals surface area contributed by atoms with Gasteiger partial charge < -0.3 is 10.6 Å². The van der Waals surface area contributed by atoms with Crippen LogP contribution < -0.4 is 10.6 Å². The molecule has 0 fully saturated rings. The zero-order valence-corrected chi connectivity index (χ0v) is 19.6. The highest BCUT2D eigenvalue weighted by molar-refractivity contribution is 14.0. The Balaban J connectivity index is 0.00000261. The maximum Gasteiger partial charge on any atom is 0.191 e. The van der Waals surface area contributed by atoms with Crippen LogP contribution in [0.2, 0.25) is 0 Å². The Morgan fingerprint density at radius 3 is 2.56 bits per heavy atom. The van der Waals surface area contributed by atoms with Gasteiger partial charge in [-0.2, -0.15) is 0 Å². The largest absolute Gasteiger partial charge is 0.357 e. The van der Waals surface area contributed by atoms with E-state index in [2.05, 4.69) is 52.0 Å². The number of aliphatic imine (C=N–C) groups is 1. The van der Waals surface area contributed by atoms with Crippen LogP contribution in [-0.4, -0.2) is 22.5 Å². The molecule has 0 aliphatic heterocycles. The molecule has 0 saturated carbocycles. The summed E-state index contributed by atoms with van der Waals surface area (Å²) >= 11 is 3.38. The SMILES string of the molecule is CCNC(=NCc1csc(-c2ccccc2)n1)NCc1nc(C)c(C)s1.I. The van der Waals surface area contributed by atoms with Gasteiger partial charge in [-0.05, 0) is 20.8 Å². The van der Waals surface area contributed by atoms with E-state index in [1.807, 2.05) is 25.1 Å². The predicted octanol–water partition coefficient (Wildman–Crippen LogP) is 4.76. The van der Waals surface area contributed by atoms with Crippen LogP contribution >= 0.6 is 46.7 Å². The minimum atomic E-state index is 0. The van der Waals surface area contributed by atoms with Crippen molar-refractivity contribution in [1.29, 1.82) is 0 Å². The lowest BCUT2D eigenvalue weighted by Crippen LogP contribution is -2.36. The molecule has 2 aromatic heterocycles. The van der Waals surface area contributed by atoms with Crippen LogP contribution in [0.5, 0.6) is 0 Å². The molecule has 8 heteroatoms. The molecule has 0 bridgehead atoms. The van der Waals surface area contributed by atoms with Crippen LogP contribution in [-0.2, 0) is 13.1 Å². The second kappa shape index (κ2) is 10.7. The molecule has 0 spiro atoms. The van der Waals surface area contributed by atoms with Crippen LogP contribution in [0.4, 0.5) is 0 Å². The number of nitrogens with one attached hydrogen (secondary N) is 2. The van der Waals surface area contributed by atoms with E-state index >= 15 is 0 Å². The number of aryl methyl sites for hydroxylation is 2. The topological polar surface area (TPSA) is 62.2 Å². The number of aromatic nitrogens is 2. The normalized spacial score (nSPS) is 11.1. The third kappa shape index (κ3) is 6.25. The monoisotopic (exact) mass is 513 g/mol.